The smallest absolute Gasteiger partial charge is 0.240 e. The molecule has 0 atom stereocenters. The number of carbonyl (C=O) groups excluding carboxylic acids is 1. The second-order valence-electron chi connectivity index (χ2n) is 3.95. The first-order valence-corrected chi connectivity index (χ1v) is 5.72. The predicted octanol–water partition coefficient (Wildman–Crippen LogP) is -0.138. The molecule has 0 saturated heterocycles. The number of hydrogen-bond acceptors (Lipinski definition) is 6. The summed E-state index contributed by atoms with van der Waals surface area (Å²) in [5.41, 5.74) is 0.719. The standard InChI is InChI=1S/C11H19N3O4/c1-9-7-11(18-13-9)12-10(16)8-14(2)3-5-17-6-4-15/h7,15H,3-6,8H2,1-2H3,(H,12,16). The summed E-state index contributed by atoms with van der Waals surface area (Å²) < 4.78 is 9.98. The Morgan fingerprint density at radius 3 is 3.00 bits per heavy atom. The lowest BCUT2D eigenvalue weighted by molar-refractivity contribution is -0.117. The molecule has 1 aromatic rings. The highest BCUT2D eigenvalue weighted by Gasteiger charge is 2.09. The SMILES string of the molecule is Cc1cc(NC(=O)CN(C)CCOCCO)on1. The molecule has 1 amide bonds. The molecule has 0 radical (unpaired) electrons. The van der Waals surface area contributed by atoms with Crippen LogP contribution in [0.1, 0.15) is 5.69 Å². The van der Waals surface area contributed by atoms with Crippen molar-refractivity contribution >= 4 is 11.8 Å². The van der Waals surface area contributed by atoms with Crippen LogP contribution in [0, 0.1) is 6.92 Å². The number of anilines is 1. The molecular formula is C11H19N3O4. The van der Waals surface area contributed by atoms with Gasteiger partial charge in [0.25, 0.3) is 0 Å². The fraction of sp³-hybridized carbons (Fsp3) is 0.636. The largest absolute Gasteiger partial charge is 0.394 e. The zero-order valence-corrected chi connectivity index (χ0v) is 10.7. The number of nitrogens with one attached hydrogen (secondary N) is 1. The summed E-state index contributed by atoms with van der Waals surface area (Å²) in [7, 11) is 1.81. The Hall–Kier alpha value is -1.44. The maximum atomic E-state index is 11.6. The lowest BCUT2D eigenvalue weighted by Crippen LogP contribution is -2.32. The van der Waals surface area contributed by atoms with Crippen LogP contribution in [0.25, 0.3) is 0 Å². The number of hydrogen-bond donors (Lipinski definition) is 2. The van der Waals surface area contributed by atoms with E-state index in [1.807, 2.05) is 11.9 Å². The molecule has 0 aliphatic heterocycles. The van der Waals surface area contributed by atoms with E-state index in [1.165, 1.54) is 0 Å². The average Bonchev–Trinajstić information content (AvgIpc) is 2.70. The third-order valence-electron chi connectivity index (χ3n) is 2.16. The zero-order chi connectivity index (χ0) is 13.4. The van der Waals surface area contributed by atoms with E-state index in [9.17, 15) is 4.79 Å². The summed E-state index contributed by atoms with van der Waals surface area (Å²) in [4.78, 5) is 13.4. The molecule has 7 heteroatoms. The highest BCUT2D eigenvalue weighted by molar-refractivity contribution is 5.90. The average molecular weight is 257 g/mol. The van der Waals surface area contributed by atoms with Crippen molar-refractivity contribution in [2.45, 2.75) is 6.92 Å². The summed E-state index contributed by atoms with van der Waals surface area (Å²) in [6.45, 7) is 3.44. The number of ether oxygens (including phenoxy) is 1. The minimum atomic E-state index is -0.171. The van der Waals surface area contributed by atoms with Crippen LogP contribution in [0.5, 0.6) is 0 Å². The van der Waals surface area contributed by atoms with E-state index in [0.29, 0.717) is 25.6 Å². The van der Waals surface area contributed by atoms with Gasteiger partial charge in [-0.2, -0.15) is 0 Å². The first-order chi connectivity index (χ1) is 8.61. The van der Waals surface area contributed by atoms with Gasteiger partial charge in [0, 0.05) is 12.6 Å². The quantitative estimate of drug-likeness (QED) is 0.630. The Morgan fingerprint density at radius 1 is 1.61 bits per heavy atom. The fourth-order valence-electron chi connectivity index (χ4n) is 1.31. The Bertz CT molecular complexity index is 367. The molecule has 2 N–H and O–H groups in total. The second kappa shape index (κ2) is 7.80. The third-order valence-corrected chi connectivity index (χ3v) is 2.16. The van der Waals surface area contributed by atoms with Gasteiger partial charge in [0.05, 0.1) is 32.1 Å². The topological polar surface area (TPSA) is 87.8 Å². The number of rotatable bonds is 8. The van der Waals surface area contributed by atoms with Gasteiger partial charge in [0.2, 0.25) is 11.8 Å². The number of aryl methyl sites for hydroxylation is 1. The van der Waals surface area contributed by atoms with Crippen LogP contribution >= 0.6 is 0 Å². The normalized spacial score (nSPS) is 10.9. The number of amides is 1. The van der Waals surface area contributed by atoms with E-state index >= 15 is 0 Å². The van der Waals surface area contributed by atoms with Crippen molar-refractivity contribution in [3.05, 3.63) is 11.8 Å². The number of carbonyl (C=O) groups is 1. The first-order valence-electron chi connectivity index (χ1n) is 5.72. The summed E-state index contributed by atoms with van der Waals surface area (Å²) in [6, 6.07) is 1.66. The molecule has 18 heavy (non-hydrogen) atoms. The Morgan fingerprint density at radius 2 is 2.39 bits per heavy atom. The molecule has 0 aliphatic rings. The Kier molecular flexibility index (Phi) is 6.34. The summed E-state index contributed by atoms with van der Waals surface area (Å²) >= 11 is 0. The molecule has 1 rings (SSSR count). The molecule has 102 valence electrons. The zero-order valence-electron chi connectivity index (χ0n) is 10.7. The molecule has 0 aliphatic carbocycles. The molecule has 7 nitrogen and oxygen atoms in total. The predicted molar refractivity (Wildman–Crippen MR) is 65.3 cm³/mol. The van der Waals surface area contributed by atoms with Crippen molar-refractivity contribution in [2.24, 2.45) is 0 Å². The van der Waals surface area contributed by atoms with Crippen LogP contribution in [-0.2, 0) is 9.53 Å². The second-order valence-corrected chi connectivity index (χ2v) is 3.95. The van der Waals surface area contributed by atoms with Crippen LogP contribution in [0.2, 0.25) is 0 Å². The van der Waals surface area contributed by atoms with Crippen LogP contribution in [0.15, 0.2) is 10.6 Å². The monoisotopic (exact) mass is 257 g/mol. The molecule has 0 fully saturated rings. The maximum Gasteiger partial charge on any atom is 0.240 e. The molecule has 0 unspecified atom stereocenters. The first kappa shape index (κ1) is 14.6. The summed E-state index contributed by atoms with van der Waals surface area (Å²) in [5, 5.41) is 14.8. The van der Waals surface area contributed by atoms with E-state index in [1.54, 1.807) is 13.0 Å². The van der Waals surface area contributed by atoms with Gasteiger partial charge in [-0.15, -0.1) is 0 Å². The number of nitrogens with zero attached hydrogens (tertiary/aromatic N) is 2. The Labute approximate surface area is 106 Å². The van der Waals surface area contributed by atoms with E-state index in [-0.39, 0.29) is 19.1 Å². The minimum absolute atomic E-state index is 0.00897. The summed E-state index contributed by atoms with van der Waals surface area (Å²) in [6.07, 6.45) is 0. The molecular weight excluding hydrogens is 238 g/mol. The molecule has 0 spiro atoms. The fourth-order valence-corrected chi connectivity index (χ4v) is 1.31. The van der Waals surface area contributed by atoms with E-state index in [0.717, 1.165) is 5.69 Å². The van der Waals surface area contributed by atoms with E-state index in [4.69, 9.17) is 14.4 Å². The van der Waals surface area contributed by atoms with Crippen LogP contribution in [0.4, 0.5) is 5.88 Å². The van der Waals surface area contributed by atoms with E-state index < -0.39 is 0 Å². The van der Waals surface area contributed by atoms with Crippen LogP contribution < -0.4 is 5.32 Å². The van der Waals surface area contributed by atoms with Gasteiger partial charge in [0.1, 0.15) is 0 Å². The lowest BCUT2D eigenvalue weighted by atomic mass is 10.4. The maximum absolute atomic E-state index is 11.6. The van der Waals surface area contributed by atoms with E-state index in [2.05, 4.69) is 10.5 Å². The number of aliphatic hydroxyl groups excluding tert-OH is 1. The van der Waals surface area contributed by atoms with Crippen molar-refractivity contribution in [1.29, 1.82) is 0 Å². The van der Waals surface area contributed by atoms with Crippen molar-refractivity contribution in [3.63, 3.8) is 0 Å². The molecule has 1 aromatic heterocycles. The molecule has 0 aromatic carbocycles. The number of aliphatic hydroxyl groups is 1. The summed E-state index contributed by atoms with van der Waals surface area (Å²) in [5.74, 6) is 0.179. The van der Waals surface area contributed by atoms with Gasteiger partial charge >= 0.3 is 0 Å². The third kappa shape index (κ3) is 5.76. The van der Waals surface area contributed by atoms with Crippen molar-refractivity contribution in [2.75, 3.05) is 45.3 Å². The minimum Gasteiger partial charge on any atom is -0.394 e. The van der Waals surface area contributed by atoms with Gasteiger partial charge in [-0.25, -0.2) is 0 Å². The molecule has 1 heterocycles. The highest BCUT2D eigenvalue weighted by atomic mass is 16.5. The molecule has 0 bridgehead atoms. The van der Waals surface area contributed by atoms with Gasteiger partial charge in [-0.05, 0) is 14.0 Å². The highest BCUT2D eigenvalue weighted by Crippen LogP contribution is 2.07. The van der Waals surface area contributed by atoms with Crippen LogP contribution in [0.3, 0.4) is 0 Å². The van der Waals surface area contributed by atoms with Crippen molar-refractivity contribution in [3.8, 4) is 0 Å². The van der Waals surface area contributed by atoms with Crippen molar-refractivity contribution < 1.29 is 19.2 Å². The van der Waals surface area contributed by atoms with Gasteiger partial charge in [0.15, 0.2) is 0 Å². The van der Waals surface area contributed by atoms with Crippen molar-refractivity contribution in [1.82, 2.24) is 10.1 Å². The Balaban J connectivity index is 2.19. The van der Waals surface area contributed by atoms with Gasteiger partial charge < -0.3 is 14.4 Å². The lowest BCUT2D eigenvalue weighted by Gasteiger charge is -2.15. The van der Waals surface area contributed by atoms with Gasteiger partial charge in [-0.1, -0.05) is 5.16 Å². The number of likely N-dealkylation sites (N-methyl/N-ethyl adjacent to an activating group) is 1. The van der Waals surface area contributed by atoms with Crippen LogP contribution in [-0.4, -0.2) is 61.0 Å². The van der Waals surface area contributed by atoms with Gasteiger partial charge in [-0.3, -0.25) is 15.0 Å². The molecule has 0 saturated carbocycles. The number of aromatic nitrogens is 1.